The predicted octanol–water partition coefficient (Wildman–Crippen LogP) is 3.67. The number of rotatable bonds is 5. The second-order valence-corrected chi connectivity index (χ2v) is 5.56. The van der Waals surface area contributed by atoms with Gasteiger partial charge in [0.2, 0.25) is 0 Å². The van der Waals surface area contributed by atoms with Crippen molar-refractivity contribution in [2.45, 2.75) is 54.4 Å². The molecule has 0 aliphatic carbocycles. The third kappa shape index (κ3) is 5.84. The van der Waals surface area contributed by atoms with Crippen LogP contribution in [0.2, 0.25) is 0 Å². The lowest BCUT2D eigenvalue weighted by molar-refractivity contribution is -0.124. The van der Waals surface area contributed by atoms with Crippen molar-refractivity contribution in [2.24, 2.45) is 17.3 Å². The minimum atomic E-state index is 0.176. The average molecular weight is 184 g/mol. The monoisotopic (exact) mass is 184 g/mol. The molecule has 0 aliphatic rings. The number of carbonyl (C=O) groups is 1. The molecule has 0 rings (SSSR count). The lowest BCUT2D eigenvalue weighted by Gasteiger charge is -2.26. The zero-order valence-corrected chi connectivity index (χ0v) is 9.98. The maximum Gasteiger partial charge on any atom is 0.135 e. The highest BCUT2D eigenvalue weighted by Gasteiger charge is 2.24. The number of hydrogen-bond donors (Lipinski definition) is 0. The summed E-state index contributed by atoms with van der Waals surface area (Å²) in [5.41, 5.74) is 0.176. The summed E-state index contributed by atoms with van der Waals surface area (Å²) in [5.74, 6) is 1.26. The fraction of sp³-hybridized carbons (Fsp3) is 0.917. The van der Waals surface area contributed by atoms with Crippen LogP contribution >= 0.6 is 0 Å². The topological polar surface area (TPSA) is 17.1 Å². The Labute approximate surface area is 82.9 Å². The Hall–Kier alpha value is -0.330. The first-order valence-electron chi connectivity index (χ1n) is 5.27. The minimum absolute atomic E-state index is 0.176. The maximum atomic E-state index is 11.5. The van der Waals surface area contributed by atoms with E-state index in [0.717, 1.165) is 12.8 Å². The van der Waals surface area contributed by atoms with Crippen molar-refractivity contribution in [3.05, 3.63) is 0 Å². The van der Waals surface area contributed by atoms with Gasteiger partial charge in [-0.3, -0.25) is 4.79 Å². The highest BCUT2D eigenvalue weighted by molar-refractivity contribution is 5.80. The zero-order valence-electron chi connectivity index (χ0n) is 9.98. The third-order valence-corrected chi connectivity index (χ3v) is 2.26. The van der Waals surface area contributed by atoms with Gasteiger partial charge < -0.3 is 0 Å². The Balaban J connectivity index is 4.09. The van der Waals surface area contributed by atoms with Gasteiger partial charge in [-0.05, 0) is 17.8 Å². The van der Waals surface area contributed by atoms with Crippen LogP contribution in [0.4, 0.5) is 0 Å². The molecule has 0 aromatic heterocycles. The number of carbonyl (C=O) groups excluding carboxylic acids is 1. The Morgan fingerprint density at radius 1 is 1.15 bits per heavy atom. The van der Waals surface area contributed by atoms with Gasteiger partial charge in [-0.15, -0.1) is 0 Å². The quantitative estimate of drug-likeness (QED) is 0.637. The van der Waals surface area contributed by atoms with Gasteiger partial charge in [0.25, 0.3) is 0 Å². The number of Topliss-reactive ketones (excluding diaryl/α,β-unsaturated/α-hetero) is 1. The van der Waals surface area contributed by atoms with Crippen LogP contribution in [0.1, 0.15) is 54.4 Å². The van der Waals surface area contributed by atoms with E-state index < -0.39 is 0 Å². The molecule has 0 bridgehead atoms. The molecule has 78 valence electrons. The molecule has 13 heavy (non-hydrogen) atoms. The molecule has 0 aromatic carbocycles. The Morgan fingerprint density at radius 2 is 1.62 bits per heavy atom. The van der Waals surface area contributed by atoms with Crippen molar-refractivity contribution in [2.75, 3.05) is 0 Å². The third-order valence-electron chi connectivity index (χ3n) is 2.26. The first-order valence-corrected chi connectivity index (χ1v) is 5.27. The average Bonchev–Trinajstić information content (AvgIpc) is 1.81. The van der Waals surface area contributed by atoms with E-state index in [1.165, 1.54) is 0 Å². The Morgan fingerprint density at radius 3 is 1.92 bits per heavy atom. The van der Waals surface area contributed by atoms with Crippen LogP contribution in [0.15, 0.2) is 0 Å². The van der Waals surface area contributed by atoms with Crippen molar-refractivity contribution in [1.82, 2.24) is 0 Å². The second-order valence-electron chi connectivity index (χ2n) is 5.56. The van der Waals surface area contributed by atoms with Crippen molar-refractivity contribution < 1.29 is 4.79 Å². The van der Waals surface area contributed by atoms with Gasteiger partial charge in [0.15, 0.2) is 0 Å². The van der Waals surface area contributed by atoms with Crippen molar-refractivity contribution >= 4 is 5.78 Å². The maximum absolute atomic E-state index is 11.5. The number of hydrogen-bond acceptors (Lipinski definition) is 1. The van der Waals surface area contributed by atoms with Gasteiger partial charge in [-0.25, -0.2) is 0 Å². The largest absolute Gasteiger partial charge is 0.299 e. The molecule has 0 spiro atoms. The minimum Gasteiger partial charge on any atom is -0.299 e. The number of ketones is 1. The van der Waals surface area contributed by atoms with Crippen molar-refractivity contribution in [3.63, 3.8) is 0 Å². The van der Waals surface area contributed by atoms with Crippen LogP contribution in [0.3, 0.4) is 0 Å². The van der Waals surface area contributed by atoms with E-state index in [-0.39, 0.29) is 11.3 Å². The normalized spacial score (nSPS) is 12.6. The molecule has 0 atom stereocenters. The van der Waals surface area contributed by atoms with Crippen molar-refractivity contribution in [3.8, 4) is 0 Å². The smallest absolute Gasteiger partial charge is 0.135 e. The molecule has 0 amide bonds. The first kappa shape index (κ1) is 12.7. The van der Waals surface area contributed by atoms with E-state index in [0.29, 0.717) is 11.7 Å². The molecule has 0 aromatic rings. The van der Waals surface area contributed by atoms with Crippen LogP contribution in [0.25, 0.3) is 0 Å². The summed E-state index contributed by atoms with van der Waals surface area (Å²) >= 11 is 0. The summed E-state index contributed by atoms with van der Waals surface area (Å²) in [6, 6.07) is 0. The van der Waals surface area contributed by atoms with Crippen molar-refractivity contribution in [1.29, 1.82) is 0 Å². The molecule has 0 N–H and O–H groups in total. The summed E-state index contributed by atoms with van der Waals surface area (Å²) in [7, 11) is 0. The summed E-state index contributed by atoms with van der Waals surface area (Å²) in [6.07, 6.45) is 1.86. The summed E-state index contributed by atoms with van der Waals surface area (Å²) in [5, 5.41) is 0. The van der Waals surface area contributed by atoms with E-state index in [1.54, 1.807) is 0 Å². The molecular formula is C12H24O. The molecule has 0 heterocycles. The van der Waals surface area contributed by atoms with E-state index in [4.69, 9.17) is 0 Å². The van der Waals surface area contributed by atoms with Gasteiger partial charge in [-0.2, -0.15) is 0 Å². The second kappa shape index (κ2) is 4.78. The van der Waals surface area contributed by atoms with E-state index in [9.17, 15) is 4.79 Å². The Bertz CT molecular complexity index is 166. The van der Waals surface area contributed by atoms with E-state index in [1.807, 2.05) is 13.8 Å². The molecule has 0 unspecified atom stereocenters. The van der Waals surface area contributed by atoms with Crippen LogP contribution in [0, 0.1) is 17.3 Å². The molecule has 0 saturated carbocycles. The SMILES string of the molecule is CC(C)CC(C)(C)CC(=O)C(C)C. The van der Waals surface area contributed by atoms with Gasteiger partial charge in [-0.1, -0.05) is 41.5 Å². The molecular weight excluding hydrogens is 160 g/mol. The summed E-state index contributed by atoms with van der Waals surface area (Å²) < 4.78 is 0. The molecule has 1 heteroatoms. The fourth-order valence-electron chi connectivity index (χ4n) is 1.85. The van der Waals surface area contributed by atoms with Crippen LogP contribution in [-0.4, -0.2) is 5.78 Å². The molecule has 0 saturated heterocycles. The Kier molecular flexibility index (Phi) is 4.66. The highest BCUT2D eigenvalue weighted by atomic mass is 16.1. The fourth-order valence-corrected chi connectivity index (χ4v) is 1.85. The lowest BCUT2D eigenvalue weighted by atomic mass is 9.78. The van der Waals surface area contributed by atoms with Crippen LogP contribution in [0.5, 0.6) is 0 Å². The first-order chi connectivity index (χ1) is 5.74. The van der Waals surface area contributed by atoms with Gasteiger partial charge in [0, 0.05) is 12.3 Å². The van der Waals surface area contributed by atoms with Crippen LogP contribution < -0.4 is 0 Å². The van der Waals surface area contributed by atoms with Crippen LogP contribution in [-0.2, 0) is 4.79 Å². The molecule has 0 aliphatic heterocycles. The highest BCUT2D eigenvalue weighted by Crippen LogP contribution is 2.30. The van der Waals surface area contributed by atoms with Gasteiger partial charge >= 0.3 is 0 Å². The lowest BCUT2D eigenvalue weighted by Crippen LogP contribution is -2.21. The zero-order chi connectivity index (χ0) is 10.6. The molecule has 1 nitrogen and oxygen atoms in total. The molecule has 0 radical (unpaired) electrons. The predicted molar refractivity (Wildman–Crippen MR) is 57.7 cm³/mol. The van der Waals surface area contributed by atoms with Gasteiger partial charge in [0.1, 0.15) is 5.78 Å². The van der Waals surface area contributed by atoms with Gasteiger partial charge in [0.05, 0.1) is 0 Å². The molecule has 0 fully saturated rings. The summed E-state index contributed by atoms with van der Waals surface area (Å²) in [6.45, 7) is 12.8. The standard InChI is InChI=1S/C12H24O/c1-9(2)7-12(5,6)8-11(13)10(3)4/h9-10H,7-8H2,1-6H3. The van der Waals surface area contributed by atoms with E-state index >= 15 is 0 Å². The van der Waals surface area contributed by atoms with E-state index in [2.05, 4.69) is 27.7 Å². The summed E-state index contributed by atoms with van der Waals surface area (Å²) in [4.78, 5) is 11.5.